The highest BCUT2D eigenvalue weighted by molar-refractivity contribution is 5.77. The number of nitrogens with one attached hydrogen (secondary N) is 3. The van der Waals surface area contributed by atoms with Crippen LogP contribution in [0.4, 0.5) is 0 Å². The van der Waals surface area contributed by atoms with Gasteiger partial charge in [-0.2, -0.15) is 0 Å². The van der Waals surface area contributed by atoms with E-state index in [1.807, 2.05) is 34.6 Å². The van der Waals surface area contributed by atoms with E-state index in [0.717, 1.165) is 44.9 Å². The molecule has 3 unspecified atom stereocenters. The van der Waals surface area contributed by atoms with Crippen LogP contribution in [0.5, 0.6) is 0 Å². The quantitative estimate of drug-likeness (QED) is 0.0899. The van der Waals surface area contributed by atoms with Gasteiger partial charge in [-0.15, -0.1) is 0 Å². The Labute approximate surface area is 334 Å². The highest BCUT2D eigenvalue weighted by Crippen LogP contribution is 2.37. The second kappa shape index (κ2) is 22.5. The van der Waals surface area contributed by atoms with Crippen molar-refractivity contribution in [1.82, 2.24) is 25.8 Å². The normalized spacial score (nSPS) is 23.2. The molecule has 1 heterocycles. The highest BCUT2D eigenvalue weighted by Gasteiger charge is 2.40. The first-order valence-corrected chi connectivity index (χ1v) is 21.1. The largest absolute Gasteiger partial charge is 0.370 e. The lowest BCUT2D eigenvalue weighted by atomic mass is 9.77. The fourth-order valence-corrected chi connectivity index (χ4v) is 7.84. The molecule has 14 nitrogen and oxygen atoms in total. The van der Waals surface area contributed by atoms with E-state index < -0.39 is 16.6 Å². The maximum atomic E-state index is 13.2. The zero-order valence-electron chi connectivity index (χ0n) is 36.5. The second-order valence-corrected chi connectivity index (χ2v) is 18.4. The molecule has 4 amide bonds. The first-order valence-electron chi connectivity index (χ1n) is 21.1. The Bertz CT molecular complexity index is 1190. The van der Waals surface area contributed by atoms with Crippen molar-refractivity contribution >= 4 is 23.6 Å². The Morgan fingerprint density at radius 1 is 0.782 bits per heavy atom. The summed E-state index contributed by atoms with van der Waals surface area (Å²) in [5, 5.41) is 9.18. The molecule has 13 N–H and O–H groups in total. The molecule has 1 rings (SSSR count). The minimum Gasteiger partial charge on any atom is -0.370 e. The van der Waals surface area contributed by atoms with Gasteiger partial charge in [-0.05, 0) is 105 Å². The number of nitrogens with two attached hydrogens (primary N) is 5. The van der Waals surface area contributed by atoms with Gasteiger partial charge < -0.3 is 44.6 Å². The van der Waals surface area contributed by atoms with Crippen LogP contribution < -0.4 is 44.6 Å². The van der Waals surface area contributed by atoms with Crippen molar-refractivity contribution in [2.75, 3.05) is 45.8 Å². The summed E-state index contributed by atoms with van der Waals surface area (Å²) in [4.78, 5) is 56.3. The molecular weight excluding hydrogens is 697 g/mol. The van der Waals surface area contributed by atoms with Crippen molar-refractivity contribution < 1.29 is 19.2 Å². The van der Waals surface area contributed by atoms with Crippen molar-refractivity contribution in [3.63, 3.8) is 0 Å². The van der Waals surface area contributed by atoms with E-state index in [4.69, 9.17) is 28.7 Å². The summed E-state index contributed by atoms with van der Waals surface area (Å²) >= 11 is 0. The van der Waals surface area contributed by atoms with E-state index >= 15 is 0 Å². The second-order valence-electron chi connectivity index (χ2n) is 18.4. The number of rotatable bonds is 20. The average Bonchev–Trinajstić information content (AvgIpc) is 3.10. The van der Waals surface area contributed by atoms with Crippen molar-refractivity contribution in [3.05, 3.63) is 0 Å². The third-order valence-electron chi connectivity index (χ3n) is 12.5. The van der Waals surface area contributed by atoms with Crippen LogP contribution in [-0.2, 0) is 19.2 Å². The molecule has 14 heteroatoms. The Kier molecular flexibility index (Phi) is 20.8. The van der Waals surface area contributed by atoms with Gasteiger partial charge in [0.25, 0.3) is 0 Å². The van der Waals surface area contributed by atoms with E-state index in [1.165, 1.54) is 0 Å². The fourth-order valence-electron chi connectivity index (χ4n) is 7.84. The summed E-state index contributed by atoms with van der Waals surface area (Å²) in [5.41, 5.74) is 28.9. The predicted molar refractivity (Wildman–Crippen MR) is 225 cm³/mol. The monoisotopic (exact) mass is 781 g/mol. The molecule has 1 fully saturated rings. The van der Waals surface area contributed by atoms with Gasteiger partial charge >= 0.3 is 0 Å². The van der Waals surface area contributed by atoms with Gasteiger partial charge in [-0.25, -0.2) is 0 Å². The topological polar surface area (TPSA) is 241 Å². The van der Waals surface area contributed by atoms with Crippen LogP contribution >= 0.6 is 0 Å². The Hall–Kier alpha value is -2.36. The van der Waals surface area contributed by atoms with Crippen LogP contribution in [0.25, 0.3) is 0 Å². The molecule has 3 atom stereocenters. The molecule has 0 bridgehead atoms. The maximum Gasteiger partial charge on any atom is 0.221 e. The summed E-state index contributed by atoms with van der Waals surface area (Å²) < 4.78 is 0. The van der Waals surface area contributed by atoms with E-state index in [0.29, 0.717) is 77.9 Å². The molecule has 1 aliphatic heterocycles. The smallest absolute Gasteiger partial charge is 0.221 e. The summed E-state index contributed by atoms with van der Waals surface area (Å²) in [6.07, 6.45) is 9.29. The molecule has 1 aliphatic rings. The van der Waals surface area contributed by atoms with Crippen LogP contribution in [-0.4, -0.2) is 112 Å². The van der Waals surface area contributed by atoms with E-state index in [-0.39, 0.29) is 59.5 Å². The predicted octanol–water partition coefficient (Wildman–Crippen LogP) is 2.74. The lowest BCUT2D eigenvalue weighted by Gasteiger charge is -2.49. The molecule has 0 aromatic rings. The minimum atomic E-state index is -0.607. The molecule has 0 spiro atoms. The molecule has 0 aliphatic carbocycles. The molecule has 1 saturated heterocycles. The van der Waals surface area contributed by atoms with Crippen LogP contribution in [0.1, 0.15) is 159 Å². The number of hydrogen-bond donors (Lipinski definition) is 8. The number of carbonyl (C=O) groups is 4. The molecule has 0 radical (unpaired) electrons. The molecule has 322 valence electrons. The minimum absolute atomic E-state index is 0.0346. The van der Waals surface area contributed by atoms with Gasteiger partial charge in [0.1, 0.15) is 0 Å². The Morgan fingerprint density at radius 2 is 1.33 bits per heavy atom. The summed E-state index contributed by atoms with van der Waals surface area (Å²) in [6.45, 7) is 21.6. The van der Waals surface area contributed by atoms with Gasteiger partial charge in [-0.3, -0.25) is 29.0 Å². The third-order valence-corrected chi connectivity index (χ3v) is 12.5. The lowest BCUT2D eigenvalue weighted by molar-refractivity contribution is -0.124. The summed E-state index contributed by atoms with van der Waals surface area (Å²) in [5.74, 6) is -0.577. The zero-order valence-corrected chi connectivity index (χ0v) is 36.5. The number of nitrogens with zero attached hydrogens (tertiary/aromatic N) is 2. The SMILES string of the molecule is CCC(CC)(CCC(CC)(CC)N1CCC(=O)NCCC(C)(N)CCC(C)(N)CNC(=O)CC1)N(CCC(N)=O)CCC(=O)NCC(C)(N)CCC(C)(C)N. The van der Waals surface area contributed by atoms with E-state index in [2.05, 4.69) is 53.4 Å². The van der Waals surface area contributed by atoms with Gasteiger partial charge in [0.05, 0.1) is 0 Å². The number of primary amides is 1. The fraction of sp³-hybridized carbons (Fsp3) is 0.902. The number of carbonyl (C=O) groups excluding carboxylic acids is 4. The standard InChI is InChI=1S/C41H84N10O4/c1-10-40(11-2,50(26-14-32(42)52)28-16-34(54)48-30-38(8,45)19-18-36(5,6)43)22-23-41(12-3,13-4)51-27-15-33(53)47-25-24-37(7,44)20-21-39(9,46)31-49-35(55)17-29-51/h10-31,43-46H2,1-9H3,(H2,42,52)(H,47,53)(H,48,54)(H,49,55). The molecule has 0 saturated carbocycles. The number of hydrogen-bond acceptors (Lipinski definition) is 10. The van der Waals surface area contributed by atoms with Crippen molar-refractivity contribution in [2.24, 2.45) is 28.7 Å². The average molecular weight is 781 g/mol. The van der Waals surface area contributed by atoms with Crippen molar-refractivity contribution in [1.29, 1.82) is 0 Å². The van der Waals surface area contributed by atoms with Crippen LogP contribution in [0, 0.1) is 0 Å². The van der Waals surface area contributed by atoms with Gasteiger partial charge in [-0.1, -0.05) is 27.7 Å². The van der Waals surface area contributed by atoms with Gasteiger partial charge in [0.2, 0.25) is 23.6 Å². The first-order chi connectivity index (χ1) is 25.4. The van der Waals surface area contributed by atoms with Crippen molar-refractivity contribution in [2.45, 2.75) is 192 Å². The molecule has 0 aromatic carbocycles. The third kappa shape index (κ3) is 19.1. The maximum absolute atomic E-state index is 13.2. The highest BCUT2D eigenvalue weighted by atomic mass is 16.2. The lowest BCUT2D eigenvalue weighted by Crippen LogP contribution is -2.55. The van der Waals surface area contributed by atoms with E-state index in [1.54, 1.807) is 0 Å². The molecule has 55 heavy (non-hydrogen) atoms. The first kappa shape index (κ1) is 50.7. The van der Waals surface area contributed by atoms with Gasteiger partial charge in [0.15, 0.2) is 0 Å². The summed E-state index contributed by atoms with van der Waals surface area (Å²) in [6, 6.07) is 0. The van der Waals surface area contributed by atoms with E-state index in [9.17, 15) is 19.2 Å². The zero-order chi connectivity index (χ0) is 42.1. The molecular formula is C41H84N10O4. The molecule has 0 aromatic heterocycles. The Balaban J connectivity index is 3.29. The summed E-state index contributed by atoms with van der Waals surface area (Å²) in [7, 11) is 0. The van der Waals surface area contributed by atoms with Crippen LogP contribution in [0.15, 0.2) is 0 Å². The van der Waals surface area contributed by atoms with Gasteiger partial charge in [0, 0.05) is 105 Å². The van der Waals surface area contributed by atoms with Crippen LogP contribution in [0.2, 0.25) is 0 Å². The number of amides is 4. The van der Waals surface area contributed by atoms with Crippen molar-refractivity contribution in [3.8, 4) is 0 Å². The van der Waals surface area contributed by atoms with Crippen LogP contribution in [0.3, 0.4) is 0 Å². The Morgan fingerprint density at radius 3 is 1.85 bits per heavy atom.